The summed E-state index contributed by atoms with van der Waals surface area (Å²) in [5.41, 5.74) is 2.70. The monoisotopic (exact) mass is 285 g/mol. The summed E-state index contributed by atoms with van der Waals surface area (Å²) in [5.74, 6) is -1.29. The summed E-state index contributed by atoms with van der Waals surface area (Å²) >= 11 is 0. The third-order valence-corrected chi connectivity index (χ3v) is 2.99. The maximum atomic E-state index is 12.1. The number of carboxylic acid groups (broad SMARTS) is 1. The first-order valence-electron chi connectivity index (χ1n) is 6.26. The Bertz CT molecular complexity index is 717. The SMILES string of the molecule is Cc1ccc(NC(=O)c2cncn2C)cc1/C=C/C(=O)O. The van der Waals surface area contributed by atoms with Gasteiger partial charge >= 0.3 is 5.97 Å². The lowest BCUT2D eigenvalue weighted by atomic mass is 10.1. The van der Waals surface area contributed by atoms with Crippen molar-refractivity contribution in [1.82, 2.24) is 9.55 Å². The number of anilines is 1. The average molecular weight is 285 g/mol. The lowest BCUT2D eigenvalue weighted by Crippen LogP contribution is -2.15. The molecule has 1 heterocycles. The minimum atomic E-state index is -1.02. The number of carbonyl (C=O) groups excluding carboxylic acids is 1. The molecule has 1 aromatic heterocycles. The van der Waals surface area contributed by atoms with Gasteiger partial charge in [-0.05, 0) is 36.3 Å². The fourth-order valence-electron chi connectivity index (χ4n) is 1.83. The van der Waals surface area contributed by atoms with Crippen LogP contribution in [0.15, 0.2) is 36.8 Å². The van der Waals surface area contributed by atoms with Gasteiger partial charge in [0.05, 0.1) is 12.5 Å². The Morgan fingerprint density at radius 2 is 2.14 bits per heavy atom. The van der Waals surface area contributed by atoms with Gasteiger partial charge in [0.25, 0.3) is 5.91 Å². The highest BCUT2D eigenvalue weighted by Crippen LogP contribution is 2.17. The Labute approximate surface area is 121 Å². The van der Waals surface area contributed by atoms with E-state index in [1.807, 2.05) is 13.0 Å². The number of hydrogen-bond donors (Lipinski definition) is 2. The number of aromatic nitrogens is 2. The average Bonchev–Trinajstić information content (AvgIpc) is 2.85. The van der Waals surface area contributed by atoms with Crippen LogP contribution in [0.2, 0.25) is 0 Å². The van der Waals surface area contributed by atoms with Crippen LogP contribution >= 0.6 is 0 Å². The Balaban J connectivity index is 2.21. The van der Waals surface area contributed by atoms with Gasteiger partial charge in [-0.25, -0.2) is 9.78 Å². The molecule has 21 heavy (non-hydrogen) atoms. The molecule has 0 aliphatic heterocycles. The van der Waals surface area contributed by atoms with Gasteiger partial charge in [-0.3, -0.25) is 4.79 Å². The molecule has 2 N–H and O–H groups in total. The van der Waals surface area contributed by atoms with Crippen molar-refractivity contribution in [3.05, 3.63) is 53.6 Å². The molecule has 0 fully saturated rings. The lowest BCUT2D eigenvalue weighted by molar-refractivity contribution is -0.131. The number of carbonyl (C=O) groups is 2. The standard InChI is InChI=1S/C15H15N3O3/c1-10-3-5-12(7-11(10)4-6-14(19)20)17-15(21)13-8-16-9-18(13)2/h3-9H,1-2H3,(H,17,21)(H,19,20)/b6-4+. The molecule has 0 atom stereocenters. The van der Waals surface area contributed by atoms with E-state index in [2.05, 4.69) is 10.3 Å². The smallest absolute Gasteiger partial charge is 0.328 e. The Morgan fingerprint density at radius 3 is 2.76 bits per heavy atom. The molecule has 2 aromatic rings. The van der Waals surface area contributed by atoms with Crippen molar-refractivity contribution in [3.63, 3.8) is 0 Å². The van der Waals surface area contributed by atoms with E-state index < -0.39 is 5.97 Å². The van der Waals surface area contributed by atoms with Gasteiger partial charge in [-0.15, -0.1) is 0 Å². The molecule has 0 bridgehead atoms. The van der Waals surface area contributed by atoms with Crippen molar-refractivity contribution in [2.45, 2.75) is 6.92 Å². The molecule has 2 rings (SSSR count). The summed E-state index contributed by atoms with van der Waals surface area (Å²) in [4.78, 5) is 26.5. The Kier molecular flexibility index (Phi) is 4.18. The summed E-state index contributed by atoms with van der Waals surface area (Å²) in [6.45, 7) is 1.87. The quantitative estimate of drug-likeness (QED) is 0.842. The second-order valence-corrected chi connectivity index (χ2v) is 4.59. The van der Waals surface area contributed by atoms with Gasteiger partial charge in [0, 0.05) is 18.8 Å². The molecule has 0 saturated heterocycles. The Hall–Kier alpha value is -2.89. The molecule has 1 amide bonds. The van der Waals surface area contributed by atoms with Crippen molar-refractivity contribution in [1.29, 1.82) is 0 Å². The topological polar surface area (TPSA) is 84.2 Å². The van der Waals surface area contributed by atoms with E-state index in [4.69, 9.17) is 5.11 Å². The van der Waals surface area contributed by atoms with Crippen LogP contribution in [0, 0.1) is 6.92 Å². The second kappa shape index (κ2) is 6.04. The van der Waals surface area contributed by atoms with E-state index >= 15 is 0 Å². The molecule has 0 spiro atoms. The maximum absolute atomic E-state index is 12.1. The third kappa shape index (κ3) is 3.56. The first-order valence-corrected chi connectivity index (χ1v) is 6.26. The number of nitrogens with one attached hydrogen (secondary N) is 1. The molecule has 0 aliphatic rings. The highest BCUT2D eigenvalue weighted by molar-refractivity contribution is 6.03. The number of aryl methyl sites for hydroxylation is 2. The van der Waals surface area contributed by atoms with Crippen LogP contribution in [0.5, 0.6) is 0 Å². The van der Waals surface area contributed by atoms with E-state index in [-0.39, 0.29) is 5.91 Å². The lowest BCUT2D eigenvalue weighted by Gasteiger charge is -2.08. The fraction of sp³-hybridized carbons (Fsp3) is 0.133. The number of hydrogen-bond acceptors (Lipinski definition) is 3. The minimum absolute atomic E-state index is 0.271. The summed E-state index contributed by atoms with van der Waals surface area (Å²) < 4.78 is 1.62. The van der Waals surface area contributed by atoms with Crippen molar-refractivity contribution < 1.29 is 14.7 Å². The highest BCUT2D eigenvalue weighted by Gasteiger charge is 2.10. The van der Waals surface area contributed by atoms with Crippen LogP contribution in [-0.4, -0.2) is 26.5 Å². The summed E-state index contributed by atoms with van der Waals surface area (Å²) in [7, 11) is 1.73. The number of carboxylic acids is 1. The van der Waals surface area contributed by atoms with Crippen molar-refractivity contribution in [2.24, 2.45) is 7.05 Å². The number of amides is 1. The fourth-order valence-corrected chi connectivity index (χ4v) is 1.83. The van der Waals surface area contributed by atoms with Crippen molar-refractivity contribution in [3.8, 4) is 0 Å². The zero-order chi connectivity index (χ0) is 15.4. The first kappa shape index (κ1) is 14.5. The Morgan fingerprint density at radius 1 is 1.38 bits per heavy atom. The normalized spacial score (nSPS) is 10.8. The predicted octanol–water partition coefficient (Wildman–Crippen LogP) is 2.08. The molecule has 0 aliphatic carbocycles. The molecule has 108 valence electrons. The largest absolute Gasteiger partial charge is 0.478 e. The van der Waals surface area contributed by atoms with Gasteiger partial charge in [0.2, 0.25) is 0 Å². The number of nitrogens with zero attached hydrogens (tertiary/aromatic N) is 2. The van der Waals surface area contributed by atoms with E-state index in [0.717, 1.165) is 17.2 Å². The first-order chi connectivity index (χ1) is 9.97. The summed E-state index contributed by atoms with van der Waals surface area (Å²) in [5, 5.41) is 11.4. The third-order valence-electron chi connectivity index (χ3n) is 2.99. The molecular formula is C15H15N3O3. The van der Waals surface area contributed by atoms with E-state index in [9.17, 15) is 9.59 Å². The van der Waals surface area contributed by atoms with Crippen molar-refractivity contribution in [2.75, 3.05) is 5.32 Å². The zero-order valence-electron chi connectivity index (χ0n) is 11.7. The molecule has 6 heteroatoms. The van der Waals surface area contributed by atoms with Gasteiger partial charge in [-0.2, -0.15) is 0 Å². The van der Waals surface area contributed by atoms with Crippen LogP contribution in [-0.2, 0) is 11.8 Å². The maximum Gasteiger partial charge on any atom is 0.328 e. The van der Waals surface area contributed by atoms with Gasteiger partial charge in [0.15, 0.2) is 0 Å². The van der Waals surface area contributed by atoms with Crippen molar-refractivity contribution >= 4 is 23.6 Å². The van der Waals surface area contributed by atoms with E-state index in [1.54, 1.807) is 30.1 Å². The zero-order valence-corrected chi connectivity index (χ0v) is 11.7. The number of imidazole rings is 1. The molecule has 0 saturated carbocycles. The van der Waals surface area contributed by atoms with Gasteiger partial charge < -0.3 is 15.0 Å². The molecule has 0 radical (unpaired) electrons. The van der Waals surface area contributed by atoms with Crippen LogP contribution < -0.4 is 5.32 Å². The number of rotatable bonds is 4. The second-order valence-electron chi connectivity index (χ2n) is 4.59. The number of aliphatic carboxylic acids is 1. The van der Waals surface area contributed by atoms with Crippen LogP contribution in [0.3, 0.4) is 0 Å². The molecule has 0 unspecified atom stereocenters. The van der Waals surface area contributed by atoms with Gasteiger partial charge in [-0.1, -0.05) is 6.07 Å². The van der Waals surface area contributed by atoms with Gasteiger partial charge in [0.1, 0.15) is 5.69 Å². The number of benzene rings is 1. The molecular weight excluding hydrogens is 270 g/mol. The van der Waals surface area contributed by atoms with Crippen LogP contribution in [0.4, 0.5) is 5.69 Å². The van der Waals surface area contributed by atoms with Crippen LogP contribution in [0.25, 0.3) is 6.08 Å². The summed E-state index contributed by atoms with van der Waals surface area (Å²) in [6, 6.07) is 5.31. The highest BCUT2D eigenvalue weighted by atomic mass is 16.4. The predicted molar refractivity (Wildman–Crippen MR) is 79.0 cm³/mol. The van der Waals surface area contributed by atoms with E-state index in [1.165, 1.54) is 12.3 Å². The molecule has 1 aromatic carbocycles. The summed E-state index contributed by atoms with van der Waals surface area (Å²) in [6.07, 6.45) is 5.59. The van der Waals surface area contributed by atoms with E-state index in [0.29, 0.717) is 11.4 Å². The molecule has 6 nitrogen and oxygen atoms in total. The van der Waals surface area contributed by atoms with Crippen LogP contribution in [0.1, 0.15) is 21.6 Å². The minimum Gasteiger partial charge on any atom is -0.478 e.